The van der Waals surface area contributed by atoms with Gasteiger partial charge in [-0.15, -0.1) is 0 Å². The van der Waals surface area contributed by atoms with Crippen molar-refractivity contribution < 1.29 is 13.9 Å². The number of amides is 1. The van der Waals surface area contributed by atoms with Gasteiger partial charge in [0.25, 0.3) is 5.91 Å². The van der Waals surface area contributed by atoms with Gasteiger partial charge in [0.05, 0.1) is 17.8 Å². The van der Waals surface area contributed by atoms with Crippen LogP contribution in [0.5, 0.6) is 11.5 Å². The molecule has 49 heavy (non-hydrogen) atoms. The zero-order valence-corrected chi connectivity index (χ0v) is 28.2. The average Bonchev–Trinajstić information content (AvgIpc) is 3.07. The molecule has 1 aliphatic carbocycles. The highest BCUT2D eigenvalue weighted by molar-refractivity contribution is 6.16. The Balaban J connectivity index is 1.13. The Hall–Kier alpha value is -4.86. The van der Waals surface area contributed by atoms with Crippen LogP contribution in [0.25, 0.3) is 4.85 Å². The summed E-state index contributed by atoms with van der Waals surface area (Å²) in [6.07, 6.45) is 8.46. The maximum absolute atomic E-state index is 15.4. The zero-order valence-electron chi connectivity index (χ0n) is 28.2. The van der Waals surface area contributed by atoms with Crippen LogP contribution in [0.3, 0.4) is 0 Å². The molecule has 1 aromatic heterocycles. The lowest BCUT2D eigenvalue weighted by Crippen LogP contribution is -2.57. The number of likely N-dealkylation sites (tertiary alicyclic amines) is 1. The highest BCUT2D eigenvalue weighted by atomic mass is 19.1. The number of piperazine rings is 1. The van der Waals surface area contributed by atoms with Crippen molar-refractivity contribution in [2.24, 2.45) is 0 Å². The summed E-state index contributed by atoms with van der Waals surface area (Å²) >= 11 is 0. The van der Waals surface area contributed by atoms with Gasteiger partial charge in [0.15, 0.2) is 0 Å². The Morgan fingerprint density at radius 2 is 1.82 bits per heavy atom. The number of hydrogen-bond acceptors (Lipinski definition) is 9. The standard InChI is InChI=1S/C37H44FN9O2/c1-37(2,47-19-17-45(18-20-47)26-10-7-11-26)22-31(41-3)36(48)46-16-8-9-25(23-46)44-35-32(34(40)42-24-43-35)33(39)29-15-14-28(21-30(29)38)49-27-12-5-4-6-13-27/h4-6,12-15,21-22,24-26,39H,7-11,16-20,23H2,1-2H3,(H3,40,42,43,44)/t25-/m1/s1. The first-order valence-electron chi connectivity index (χ1n) is 17.0. The molecular weight excluding hydrogens is 621 g/mol. The highest BCUT2D eigenvalue weighted by Gasteiger charge is 2.35. The first kappa shape index (κ1) is 34.0. The molecule has 11 nitrogen and oxygen atoms in total. The van der Waals surface area contributed by atoms with E-state index in [1.807, 2.05) is 24.3 Å². The van der Waals surface area contributed by atoms with Crippen LogP contribution < -0.4 is 15.8 Å². The van der Waals surface area contributed by atoms with Gasteiger partial charge in [0, 0.05) is 68.5 Å². The number of ether oxygens (including phenoxy) is 1. The first-order valence-corrected chi connectivity index (χ1v) is 17.0. The molecule has 256 valence electrons. The summed E-state index contributed by atoms with van der Waals surface area (Å²) in [4.78, 5) is 32.5. The minimum absolute atomic E-state index is 0.0179. The Morgan fingerprint density at radius 1 is 1.06 bits per heavy atom. The third kappa shape index (κ3) is 7.74. The van der Waals surface area contributed by atoms with Crippen LogP contribution in [0.4, 0.5) is 16.0 Å². The number of carbonyl (C=O) groups excluding carboxylic acids is 1. The molecule has 2 aromatic carbocycles. The normalized spacial score (nSPS) is 19.5. The number of aromatic nitrogens is 2. The number of nitrogens with two attached hydrogens (primary N) is 1. The predicted molar refractivity (Wildman–Crippen MR) is 188 cm³/mol. The second-order valence-electron chi connectivity index (χ2n) is 13.6. The van der Waals surface area contributed by atoms with Gasteiger partial charge < -0.3 is 20.7 Å². The molecule has 1 saturated carbocycles. The van der Waals surface area contributed by atoms with Gasteiger partial charge >= 0.3 is 0 Å². The summed E-state index contributed by atoms with van der Waals surface area (Å²) in [5.41, 5.74) is 5.93. The third-order valence-corrected chi connectivity index (χ3v) is 9.91. The number of hydrogen-bond donors (Lipinski definition) is 3. The van der Waals surface area contributed by atoms with Crippen LogP contribution in [0.1, 0.15) is 57.1 Å². The molecule has 4 N–H and O–H groups in total. The number of para-hydroxylation sites is 1. The van der Waals surface area contributed by atoms with Crippen LogP contribution in [0, 0.1) is 17.8 Å². The summed E-state index contributed by atoms with van der Waals surface area (Å²) < 4.78 is 21.1. The molecule has 6 rings (SSSR count). The van der Waals surface area contributed by atoms with Crippen LogP contribution in [0.15, 0.2) is 66.6 Å². The van der Waals surface area contributed by atoms with Crippen molar-refractivity contribution in [1.82, 2.24) is 24.7 Å². The lowest BCUT2D eigenvalue weighted by molar-refractivity contribution is -0.127. The quantitative estimate of drug-likeness (QED) is 0.146. The fraction of sp³-hybridized carbons (Fsp3) is 0.432. The number of carbonyl (C=O) groups is 1. The lowest BCUT2D eigenvalue weighted by Gasteiger charge is -2.47. The zero-order chi connectivity index (χ0) is 34.5. The molecule has 2 saturated heterocycles. The van der Waals surface area contributed by atoms with Crippen LogP contribution in [-0.2, 0) is 4.79 Å². The molecule has 0 unspecified atom stereocenters. The van der Waals surface area contributed by atoms with Crippen molar-refractivity contribution >= 4 is 23.3 Å². The second kappa shape index (κ2) is 14.7. The number of rotatable bonds is 10. The molecule has 0 spiro atoms. The molecule has 3 aromatic rings. The maximum Gasteiger partial charge on any atom is 0.252 e. The van der Waals surface area contributed by atoms with Crippen molar-refractivity contribution in [3.63, 3.8) is 0 Å². The van der Waals surface area contributed by atoms with E-state index in [2.05, 4.69) is 43.8 Å². The van der Waals surface area contributed by atoms with Crippen molar-refractivity contribution in [2.75, 3.05) is 50.3 Å². The molecule has 0 radical (unpaired) electrons. The molecule has 3 fully saturated rings. The van der Waals surface area contributed by atoms with E-state index in [1.165, 1.54) is 37.7 Å². The van der Waals surface area contributed by atoms with Gasteiger partial charge in [-0.1, -0.05) is 30.7 Å². The van der Waals surface area contributed by atoms with Crippen LogP contribution in [0.2, 0.25) is 0 Å². The third-order valence-electron chi connectivity index (χ3n) is 9.91. The summed E-state index contributed by atoms with van der Waals surface area (Å²) in [5, 5.41) is 12.3. The van der Waals surface area contributed by atoms with E-state index in [-0.39, 0.29) is 46.1 Å². The molecule has 1 amide bonds. The minimum atomic E-state index is -0.649. The largest absolute Gasteiger partial charge is 0.457 e. The Morgan fingerprint density at radius 3 is 2.49 bits per heavy atom. The second-order valence-corrected chi connectivity index (χ2v) is 13.6. The lowest BCUT2D eigenvalue weighted by atomic mass is 9.90. The van der Waals surface area contributed by atoms with Crippen LogP contribution >= 0.6 is 0 Å². The summed E-state index contributed by atoms with van der Waals surface area (Å²) in [7, 11) is 0. The SMILES string of the molecule is [C-]#[N+]C(=CC(C)(C)N1CCN(C2CCC2)CC1)C(=O)N1CCC[C@@H](Nc2ncnc(N)c2C(=N)c2ccc(Oc3ccccc3)cc2F)C1. The van der Waals surface area contributed by atoms with E-state index >= 15 is 4.39 Å². The van der Waals surface area contributed by atoms with Gasteiger partial charge in [0.2, 0.25) is 5.70 Å². The van der Waals surface area contributed by atoms with Crippen molar-refractivity contribution in [3.05, 3.63) is 95.0 Å². The molecular formula is C37H44FN9O2. The van der Waals surface area contributed by atoms with Gasteiger partial charge in [-0.05, 0) is 63.8 Å². The molecule has 3 aliphatic rings. The summed E-state index contributed by atoms with van der Waals surface area (Å²) in [6, 6.07) is 13.8. The number of piperidine rings is 1. The smallest absolute Gasteiger partial charge is 0.252 e. The van der Waals surface area contributed by atoms with Gasteiger partial charge in [-0.2, -0.15) is 0 Å². The van der Waals surface area contributed by atoms with E-state index in [9.17, 15) is 4.79 Å². The average molecular weight is 666 g/mol. The molecule has 3 heterocycles. The topological polar surface area (TPSA) is 128 Å². The van der Waals surface area contributed by atoms with Crippen molar-refractivity contribution in [2.45, 2.75) is 63.6 Å². The Labute approximate surface area is 287 Å². The van der Waals surface area contributed by atoms with Crippen molar-refractivity contribution in [3.8, 4) is 11.5 Å². The summed E-state index contributed by atoms with van der Waals surface area (Å²) in [6.45, 7) is 16.7. The Kier molecular flexibility index (Phi) is 10.2. The number of anilines is 2. The maximum atomic E-state index is 15.4. The molecule has 12 heteroatoms. The first-order chi connectivity index (χ1) is 23.6. The minimum Gasteiger partial charge on any atom is -0.457 e. The molecule has 1 atom stereocenters. The Bertz CT molecular complexity index is 1740. The number of halogens is 1. The van der Waals surface area contributed by atoms with E-state index < -0.39 is 11.4 Å². The number of nitrogens with one attached hydrogen (secondary N) is 2. The summed E-state index contributed by atoms with van der Waals surface area (Å²) in [5.74, 6) is 0.234. The van der Waals surface area contributed by atoms with Gasteiger partial charge in [-0.25, -0.2) is 19.2 Å². The fourth-order valence-electron chi connectivity index (χ4n) is 6.89. The fourth-order valence-corrected chi connectivity index (χ4v) is 6.89. The van der Waals surface area contributed by atoms with E-state index in [0.29, 0.717) is 31.0 Å². The van der Waals surface area contributed by atoms with E-state index in [4.69, 9.17) is 22.5 Å². The number of nitrogen functional groups attached to an aromatic ring is 1. The van der Waals surface area contributed by atoms with E-state index in [0.717, 1.165) is 38.6 Å². The number of nitrogens with zero attached hydrogens (tertiary/aromatic N) is 6. The monoisotopic (exact) mass is 665 g/mol. The number of benzene rings is 2. The predicted octanol–water partition coefficient (Wildman–Crippen LogP) is 5.56. The van der Waals surface area contributed by atoms with E-state index in [1.54, 1.807) is 23.1 Å². The van der Waals surface area contributed by atoms with Gasteiger partial charge in [-0.3, -0.25) is 20.0 Å². The highest BCUT2D eigenvalue weighted by Crippen LogP contribution is 2.30. The van der Waals surface area contributed by atoms with Gasteiger partial charge in [0.1, 0.15) is 35.3 Å². The molecule has 0 bridgehead atoms. The van der Waals surface area contributed by atoms with Crippen molar-refractivity contribution in [1.29, 1.82) is 5.41 Å². The van der Waals surface area contributed by atoms with Crippen LogP contribution in [-0.4, -0.2) is 93.2 Å². The molecule has 2 aliphatic heterocycles.